The number of anilines is 1. The van der Waals surface area contributed by atoms with Crippen molar-refractivity contribution in [2.24, 2.45) is 0 Å². The van der Waals surface area contributed by atoms with Crippen molar-refractivity contribution in [2.45, 2.75) is 19.8 Å². The molecule has 2 aromatic carbocycles. The minimum absolute atomic E-state index is 0.243. The van der Waals surface area contributed by atoms with E-state index in [0.29, 0.717) is 35.9 Å². The van der Waals surface area contributed by atoms with E-state index in [1.807, 2.05) is 12.1 Å². The summed E-state index contributed by atoms with van der Waals surface area (Å²) in [4.78, 5) is 24.7. The first-order chi connectivity index (χ1) is 12.0. The molecule has 0 fully saturated rings. The highest BCUT2D eigenvalue weighted by Crippen LogP contribution is 2.18. The Kier molecular flexibility index (Phi) is 6.71. The van der Waals surface area contributed by atoms with E-state index in [2.05, 4.69) is 24.5 Å². The number of amides is 2. The summed E-state index contributed by atoms with van der Waals surface area (Å²) in [5, 5.41) is 5.57. The molecule has 5 nitrogen and oxygen atoms in total. The van der Waals surface area contributed by atoms with Gasteiger partial charge in [-0.15, -0.1) is 0 Å². The van der Waals surface area contributed by atoms with Crippen molar-refractivity contribution in [1.29, 1.82) is 0 Å². The van der Waals surface area contributed by atoms with E-state index in [9.17, 15) is 9.59 Å². The molecule has 0 aliphatic carbocycles. The van der Waals surface area contributed by atoms with Gasteiger partial charge in [0.15, 0.2) is 0 Å². The standard InChI is InChI=1S/C20H24N2O3/c1-14(2)15-8-10-16(11-9-15)19(23)22-18-7-5-4-6-17(18)20(24)21-12-13-25-3/h4-11,14H,12-13H2,1-3H3,(H,21,24)(H,22,23). The van der Waals surface area contributed by atoms with Crippen molar-refractivity contribution in [1.82, 2.24) is 5.32 Å². The van der Waals surface area contributed by atoms with Crippen LogP contribution in [0.4, 0.5) is 5.69 Å². The van der Waals surface area contributed by atoms with Gasteiger partial charge in [-0.05, 0) is 35.7 Å². The van der Waals surface area contributed by atoms with Gasteiger partial charge in [-0.25, -0.2) is 0 Å². The third-order valence-electron chi connectivity index (χ3n) is 3.85. The maximum atomic E-state index is 12.5. The van der Waals surface area contributed by atoms with Gasteiger partial charge in [-0.2, -0.15) is 0 Å². The molecule has 2 N–H and O–H groups in total. The van der Waals surface area contributed by atoms with Gasteiger partial charge in [0.1, 0.15) is 0 Å². The number of hydrogen-bond donors (Lipinski definition) is 2. The molecule has 0 atom stereocenters. The Morgan fingerprint density at radius 1 is 1.00 bits per heavy atom. The minimum Gasteiger partial charge on any atom is -0.383 e. The van der Waals surface area contributed by atoms with Crippen molar-refractivity contribution in [3.05, 3.63) is 65.2 Å². The molecule has 25 heavy (non-hydrogen) atoms. The molecule has 0 bridgehead atoms. The highest BCUT2D eigenvalue weighted by Gasteiger charge is 2.14. The molecule has 132 valence electrons. The Morgan fingerprint density at radius 2 is 1.68 bits per heavy atom. The Bertz CT molecular complexity index is 724. The van der Waals surface area contributed by atoms with Gasteiger partial charge in [0.2, 0.25) is 0 Å². The molecule has 0 heterocycles. The zero-order chi connectivity index (χ0) is 18.2. The maximum Gasteiger partial charge on any atom is 0.255 e. The van der Waals surface area contributed by atoms with E-state index >= 15 is 0 Å². The van der Waals surface area contributed by atoms with Crippen LogP contribution in [-0.2, 0) is 4.74 Å². The Morgan fingerprint density at radius 3 is 2.32 bits per heavy atom. The summed E-state index contributed by atoms with van der Waals surface area (Å²) in [5.41, 5.74) is 2.63. The normalized spacial score (nSPS) is 10.6. The van der Waals surface area contributed by atoms with E-state index in [1.165, 1.54) is 5.56 Å². The van der Waals surface area contributed by atoms with Crippen LogP contribution in [0.1, 0.15) is 46.0 Å². The molecule has 0 saturated heterocycles. The zero-order valence-corrected chi connectivity index (χ0v) is 14.8. The van der Waals surface area contributed by atoms with Crippen LogP contribution in [0.2, 0.25) is 0 Å². The van der Waals surface area contributed by atoms with E-state index in [4.69, 9.17) is 4.74 Å². The number of rotatable bonds is 7. The van der Waals surface area contributed by atoms with E-state index in [1.54, 1.807) is 43.5 Å². The second-order valence-corrected chi connectivity index (χ2v) is 6.03. The lowest BCUT2D eigenvalue weighted by Crippen LogP contribution is -2.28. The van der Waals surface area contributed by atoms with Crippen LogP contribution in [0.25, 0.3) is 0 Å². The Hall–Kier alpha value is -2.66. The van der Waals surface area contributed by atoms with Crippen LogP contribution < -0.4 is 10.6 Å². The maximum absolute atomic E-state index is 12.5. The van der Waals surface area contributed by atoms with E-state index in [0.717, 1.165) is 0 Å². The highest BCUT2D eigenvalue weighted by molar-refractivity contribution is 6.09. The topological polar surface area (TPSA) is 67.4 Å². The fourth-order valence-corrected chi connectivity index (χ4v) is 2.37. The predicted molar refractivity (Wildman–Crippen MR) is 99.1 cm³/mol. The average Bonchev–Trinajstić information content (AvgIpc) is 2.62. The van der Waals surface area contributed by atoms with Gasteiger partial charge < -0.3 is 15.4 Å². The quantitative estimate of drug-likeness (QED) is 0.759. The SMILES string of the molecule is COCCNC(=O)c1ccccc1NC(=O)c1ccc(C(C)C)cc1. The summed E-state index contributed by atoms with van der Waals surface area (Å²) < 4.78 is 4.92. The van der Waals surface area contributed by atoms with Crippen molar-refractivity contribution in [2.75, 3.05) is 25.6 Å². The molecule has 2 rings (SSSR count). The van der Waals surface area contributed by atoms with Gasteiger partial charge in [-0.3, -0.25) is 9.59 Å². The molecule has 0 radical (unpaired) electrons. The molecule has 2 amide bonds. The molecule has 0 aromatic heterocycles. The molecular weight excluding hydrogens is 316 g/mol. The van der Waals surface area contributed by atoms with Crippen LogP contribution in [0.15, 0.2) is 48.5 Å². The van der Waals surface area contributed by atoms with Gasteiger partial charge in [0.05, 0.1) is 17.9 Å². The molecule has 0 aliphatic heterocycles. The second kappa shape index (κ2) is 8.99. The fourth-order valence-electron chi connectivity index (χ4n) is 2.37. The van der Waals surface area contributed by atoms with Gasteiger partial charge in [0, 0.05) is 19.2 Å². The summed E-state index contributed by atoms with van der Waals surface area (Å²) in [6.45, 7) is 5.05. The summed E-state index contributed by atoms with van der Waals surface area (Å²) in [6.07, 6.45) is 0. The first-order valence-electron chi connectivity index (χ1n) is 8.30. The summed E-state index contributed by atoms with van der Waals surface area (Å²) in [6, 6.07) is 14.4. The first-order valence-corrected chi connectivity index (χ1v) is 8.30. The zero-order valence-electron chi connectivity index (χ0n) is 14.8. The molecule has 5 heteroatoms. The van der Waals surface area contributed by atoms with Crippen LogP contribution in [0.5, 0.6) is 0 Å². The number of carbonyl (C=O) groups is 2. The molecule has 0 saturated carbocycles. The lowest BCUT2D eigenvalue weighted by molar-refractivity contribution is 0.0938. The Labute approximate surface area is 148 Å². The minimum atomic E-state index is -0.247. The molecular formula is C20H24N2O3. The van der Waals surface area contributed by atoms with Crippen molar-refractivity contribution in [3.8, 4) is 0 Å². The van der Waals surface area contributed by atoms with Crippen molar-refractivity contribution in [3.63, 3.8) is 0 Å². The van der Waals surface area contributed by atoms with E-state index in [-0.39, 0.29) is 11.8 Å². The number of benzene rings is 2. The summed E-state index contributed by atoms with van der Waals surface area (Å²) >= 11 is 0. The lowest BCUT2D eigenvalue weighted by atomic mass is 10.0. The largest absolute Gasteiger partial charge is 0.383 e. The number of carbonyl (C=O) groups excluding carboxylic acids is 2. The molecule has 0 aliphatic rings. The van der Waals surface area contributed by atoms with Crippen molar-refractivity contribution < 1.29 is 14.3 Å². The second-order valence-electron chi connectivity index (χ2n) is 6.03. The van der Waals surface area contributed by atoms with Gasteiger partial charge in [-0.1, -0.05) is 38.1 Å². The lowest BCUT2D eigenvalue weighted by Gasteiger charge is -2.12. The van der Waals surface area contributed by atoms with E-state index < -0.39 is 0 Å². The van der Waals surface area contributed by atoms with Crippen LogP contribution in [0.3, 0.4) is 0 Å². The number of para-hydroxylation sites is 1. The third kappa shape index (κ3) is 5.16. The number of nitrogens with one attached hydrogen (secondary N) is 2. The summed E-state index contributed by atoms with van der Waals surface area (Å²) in [5.74, 6) is -0.0795. The fraction of sp³-hybridized carbons (Fsp3) is 0.300. The van der Waals surface area contributed by atoms with Crippen LogP contribution in [-0.4, -0.2) is 32.1 Å². The average molecular weight is 340 g/mol. The monoisotopic (exact) mass is 340 g/mol. The number of ether oxygens (including phenoxy) is 1. The highest BCUT2D eigenvalue weighted by atomic mass is 16.5. The van der Waals surface area contributed by atoms with Crippen LogP contribution >= 0.6 is 0 Å². The smallest absolute Gasteiger partial charge is 0.255 e. The van der Waals surface area contributed by atoms with Gasteiger partial charge >= 0.3 is 0 Å². The predicted octanol–water partition coefficient (Wildman–Crippen LogP) is 3.44. The van der Waals surface area contributed by atoms with Crippen LogP contribution in [0, 0.1) is 0 Å². The molecule has 0 unspecified atom stereocenters. The van der Waals surface area contributed by atoms with Gasteiger partial charge in [0.25, 0.3) is 11.8 Å². The third-order valence-corrected chi connectivity index (χ3v) is 3.85. The Balaban J connectivity index is 2.11. The van der Waals surface area contributed by atoms with Crippen molar-refractivity contribution >= 4 is 17.5 Å². The number of methoxy groups -OCH3 is 1. The number of hydrogen-bond acceptors (Lipinski definition) is 3. The molecule has 2 aromatic rings. The molecule has 0 spiro atoms. The first kappa shape index (κ1) is 18.7. The summed E-state index contributed by atoms with van der Waals surface area (Å²) in [7, 11) is 1.57.